The number of aromatic carboxylic acids is 1. The van der Waals surface area contributed by atoms with Crippen LogP contribution in [0.3, 0.4) is 0 Å². The number of nitrogens with one attached hydrogen (secondary N) is 1. The number of halogens is 1. The van der Waals surface area contributed by atoms with E-state index in [1.807, 2.05) is 0 Å². The highest BCUT2D eigenvalue weighted by Crippen LogP contribution is 2.27. The predicted octanol–water partition coefficient (Wildman–Crippen LogP) is 4.11. The molecule has 9 heteroatoms. The van der Waals surface area contributed by atoms with Gasteiger partial charge in [0, 0.05) is 16.4 Å². The van der Waals surface area contributed by atoms with Crippen LogP contribution >= 0.6 is 11.6 Å². The highest BCUT2D eigenvalue weighted by atomic mass is 35.5. The van der Waals surface area contributed by atoms with Crippen LogP contribution in [-0.2, 0) is 9.59 Å². The lowest BCUT2D eigenvalue weighted by molar-refractivity contribution is -0.122. The molecular formula is C24H18ClN3O5. The van der Waals surface area contributed by atoms with Gasteiger partial charge in [-0.15, -0.1) is 0 Å². The Morgan fingerprint density at radius 3 is 2.36 bits per heavy atom. The van der Waals surface area contributed by atoms with Crippen molar-refractivity contribution in [1.29, 1.82) is 0 Å². The van der Waals surface area contributed by atoms with Crippen molar-refractivity contribution in [3.8, 4) is 5.69 Å². The molecule has 4 amide bonds. The van der Waals surface area contributed by atoms with Crippen LogP contribution in [0.1, 0.15) is 27.3 Å². The number of imide groups is 2. The Hall–Kier alpha value is -4.17. The van der Waals surface area contributed by atoms with Crippen LogP contribution in [0.25, 0.3) is 11.8 Å². The molecule has 166 valence electrons. The Balaban J connectivity index is 1.79. The SMILES string of the molecule is Cc1cc(/C=C2\C(=O)NC(=O)N(c3ccc(Cl)cc3)C2=O)c(C)n1-c1ccccc1C(=O)O. The summed E-state index contributed by atoms with van der Waals surface area (Å²) < 4.78 is 1.74. The second kappa shape index (κ2) is 8.40. The van der Waals surface area contributed by atoms with Gasteiger partial charge in [0.2, 0.25) is 0 Å². The van der Waals surface area contributed by atoms with E-state index in [1.165, 1.54) is 36.4 Å². The predicted molar refractivity (Wildman–Crippen MR) is 123 cm³/mol. The number of hydrogen-bond acceptors (Lipinski definition) is 4. The van der Waals surface area contributed by atoms with Crippen molar-refractivity contribution in [2.75, 3.05) is 4.90 Å². The summed E-state index contributed by atoms with van der Waals surface area (Å²) in [7, 11) is 0. The number of anilines is 1. The molecule has 0 radical (unpaired) electrons. The summed E-state index contributed by atoms with van der Waals surface area (Å²) in [6, 6.07) is 13.5. The molecule has 8 nitrogen and oxygen atoms in total. The molecular weight excluding hydrogens is 446 g/mol. The van der Waals surface area contributed by atoms with Gasteiger partial charge in [-0.25, -0.2) is 14.5 Å². The van der Waals surface area contributed by atoms with Crippen molar-refractivity contribution in [1.82, 2.24) is 9.88 Å². The molecule has 0 saturated carbocycles. The molecule has 1 saturated heterocycles. The fraction of sp³-hybridized carbons (Fsp3) is 0.0833. The summed E-state index contributed by atoms with van der Waals surface area (Å²) in [5.41, 5.74) is 2.49. The first-order chi connectivity index (χ1) is 15.7. The van der Waals surface area contributed by atoms with E-state index in [0.717, 1.165) is 4.90 Å². The van der Waals surface area contributed by atoms with Gasteiger partial charge in [0.05, 0.1) is 16.9 Å². The van der Waals surface area contributed by atoms with Crippen molar-refractivity contribution in [2.45, 2.75) is 13.8 Å². The molecule has 0 spiro atoms. The third-order valence-electron chi connectivity index (χ3n) is 5.33. The molecule has 0 bridgehead atoms. The van der Waals surface area contributed by atoms with Gasteiger partial charge in [-0.2, -0.15) is 0 Å². The average Bonchev–Trinajstić information content (AvgIpc) is 3.05. The van der Waals surface area contributed by atoms with Crippen LogP contribution in [0.15, 0.2) is 60.2 Å². The lowest BCUT2D eigenvalue weighted by Gasteiger charge is -2.26. The number of carboxylic acid groups (broad SMARTS) is 1. The van der Waals surface area contributed by atoms with Gasteiger partial charge in [0.1, 0.15) is 5.57 Å². The van der Waals surface area contributed by atoms with Gasteiger partial charge in [0.25, 0.3) is 11.8 Å². The standard InChI is InChI=1S/C24H18ClN3O5/c1-13-11-15(14(2)27(13)20-6-4-3-5-18(20)23(31)32)12-19-21(29)26-24(33)28(22(19)30)17-9-7-16(25)8-10-17/h3-12H,1-2H3,(H,31,32)(H,26,29,33)/b19-12+. The molecule has 2 aromatic carbocycles. The van der Waals surface area contributed by atoms with Crippen LogP contribution in [0.2, 0.25) is 5.02 Å². The van der Waals surface area contributed by atoms with Gasteiger partial charge in [0.15, 0.2) is 0 Å². The van der Waals surface area contributed by atoms with Gasteiger partial charge >= 0.3 is 12.0 Å². The van der Waals surface area contributed by atoms with E-state index in [0.29, 0.717) is 27.7 Å². The van der Waals surface area contributed by atoms with Crippen LogP contribution in [0, 0.1) is 13.8 Å². The number of nitrogens with zero attached hydrogens (tertiary/aromatic N) is 2. The molecule has 0 unspecified atom stereocenters. The normalized spacial score (nSPS) is 15.2. The Labute approximate surface area is 193 Å². The largest absolute Gasteiger partial charge is 0.478 e. The topological polar surface area (TPSA) is 109 Å². The monoisotopic (exact) mass is 463 g/mol. The lowest BCUT2D eigenvalue weighted by atomic mass is 10.1. The maximum absolute atomic E-state index is 13.1. The Bertz CT molecular complexity index is 1350. The Morgan fingerprint density at radius 1 is 1.03 bits per heavy atom. The molecule has 1 aromatic heterocycles. The maximum atomic E-state index is 13.1. The van der Waals surface area contributed by atoms with E-state index < -0.39 is 23.8 Å². The summed E-state index contributed by atoms with van der Waals surface area (Å²) >= 11 is 5.89. The summed E-state index contributed by atoms with van der Waals surface area (Å²) in [4.78, 5) is 50.5. The maximum Gasteiger partial charge on any atom is 0.337 e. The molecule has 1 aliphatic heterocycles. The summed E-state index contributed by atoms with van der Waals surface area (Å²) in [6.45, 7) is 3.55. The number of aromatic nitrogens is 1. The second-order valence-electron chi connectivity index (χ2n) is 7.42. The first kappa shape index (κ1) is 22.0. The third-order valence-corrected chi connectivity index (χ3v) is 5.58. The van der Waals surface area contributed by atoms with Gasteiger partial charge < -0.3 is 9.67 Å². The van der Waals surface area contributed by atoms with Crippen LogP contribution in [0.5, 0.6) is 0 Å². The molecule has 2 heterocycles. The summed E-state index contributed by atoms with van der Waals surface area (Å²) in [5.74, 6) is -2.66. The van der Waals surface area contributed by atoms with E-state index in [4.69, 9.17) is 11.6 Å². The van der Waals surface area contributed by atoms with E-state index in [2.05, 4.69) is 5.32 Å². The van der Waals surface area contributed by atoms with E-state index in [1.54, 1.807) is 42.7 Å². The molecule has 2 N–H and O–H groups in total. The fourth-order valence-corrected chi connectivity index (χ4v) is 3.92. The number of aryl methyl sites for hydroxylation is 1. The average molecular weight is 464 g/mol. The Morgan fingerprint density at radius 2 is 1.70 bits per heavy atom. The minimum atomic E-state index is -1.07. The van der Waals surface area contributed by atoms with Gasteiger partial charge in [-0.05, 0) is 68.0 Å². The zero-order chi connectivity index (χ0) is 23.9. The van der Waals surface area contributed by atoms with E-state index in [9.17, 15) is 24.3 Å². The number of amides is 4. The molecule has 33 heavy (non-hydrogen) atoms. The minimum Gasteiger partial charge on any atom is -0.478 e. The quantitative estimate of drug-likeness (QED) is 0.447. The molecule has 3 aromatic rings. The number of carboxylic acids is 1. The number of rotatable bonds is 4. The first-order valence-corrected chi connectivity index (χ1v) is 10.3. The fourth-order valence-electron chi connectivity index (χ4n) is 3.79. The van der Waals surface area contributed by atoms with Crippen molar-refractivity contribution in [2.24, 2.45) is 0 Å². The number of hydrogen-bond donors (Lipinski definition) is 2. The van der Waals surface area contributed by atoms with Crippen molar-refractivity contribution < 1.29 is 24.3 Å². The van der Waals surface area contributed by atoms with Crippen LogP contribution in [-0.4, -0.2) is 33.5 Å². The highest BCUT2D eigenvalue weighted by molar-refractivity contribution is 6.39. The van der Waals surface area contributed by atoms with Crippen LogP contribution in [0.4, 0.5) is 10.5 Å². The number of carbonyl (C=O) groups excluding carboxylic acids is 3. The third kappa shape index (κ3) is 3.92. The number of urea groups is 1. The van der Waals surface area contributed by atoms with Crippen molar-refractivity contribution in [3.05, 3.63) is 87.7 Å². The minimum absolute atomic E-state index is 0.115. The highest BCUT2D eigenvalue weighted by Gasteiger charge is 2.37. The summed E-state index contributed by atoms with van der Waals surface area (Å²) in [6.07, 6.45) is 1.40. The van der Waals surface area contributed by atoms with Crippen molar-refractivity contribution >= 4 is 47.2 Å². The van der Waals surface area contributed by atoms with Gasteiger partial charge in [-0.1, -0.05) is 23.7 Å². The molecule has 1 aliphatic rings. The number of carbonyl (C=O) groups is 4. The smallest absolute Gasteiger partial charge is 0.337 e. The zero-order valence-corrected chi connectivity index (χ0v) is 18.4. The zero-order valence-electron chi connectivity index (χ0n) is 17.6. The molecule has 4 rings (SSSR count). The van der Waals surface area contributed by atoms with Crippen molar-refractivity contribution in [3.63, 3.8) is 0 Å². The number of barbiturate groups is 1. The molecule has 1 fully saturated rings. The van der Waals surface area contributed by atoms with Crippen LogP contribution < -0.4 is 10.2 Å². The summed E-state index contributed by atoms with van der Waals surface area (Å²) in [5, 5.41) is 12.2. The molecule has 0 aliphatic carbocycles. The number of benzene rings is 2. The molecule has 0 atom stereocenters. The Kier molecular flexibility index (Phi) is 5.61. The van der Waals surface area contributed by atoms with Gasteiger partial charge in [-0.3, -0.25) is 14.9 Å². The first-order valence-electron chi connectivity index (χ1n) is 9.87. The number of para-hydroxylation sites is 1. The lowest BCUT2D eigenvalue weighted by Crippen LogP contribution is -2.54. The van der Waals surface area contributed by atoms with E-state index in [-0.39, 0.29) is 16.8 Å². The van der Waals surface area contributed by atoms with E-state index >= 15 is 0 Å². The second-order valence-corrected chi connectivity index (χ2v) is 7.85.